The number of nitrogens with one attached hydrogen (secondary N) is 1. The molecule has 118 valence electrons. The zero-order valence-electron chi connectivity index (χ0n) is 13.6. The number of methoxy groups -OCH3 is 1. The molecular formula is C17H33NO2. The van der Waals surface area contributed by atoms with Gasteiger partial charge in [-0.15, -0.1) is 0 Å². The Bertz CT molecular complexity index is 268. The van der Waals surface area contributed by atoms with Gasteiger partial charge in [0, 0.05) is 32.9 Å². The minimum Gasteiger partial charge on any atom is -0.385 e. The molecule has 0 bridgehead atoms. The zero-order chi connectivity index (χ0) is 14.4. The molecule has 0 unspecified atom stereocenters. The van der Waals surface area contributed by atoms with Crippen LogP contribution in [0.15, 0.2) is 0 Å². The molecule has 0 spiro atoms. The highest BCUT2D eigenvalue weighted by Crippen LogP contribution is 2.38. The molecule has 3 heteroatoms. The highest BCUT2D eigenvalue weighted by Gasteiger charge is 2.38. The standard InChI is InChI=1S/C17H33NO2/c1-14(2)15-7-9-17(10-8-15,13-18-16-5-6-16)20-12-4-11-19-3/h14-16,18H,4-13H2,1-3H3. The van der Waals surface area contributed by atoms with E-state index in [1.165, 1.54) is 38.5 Å². The summed E-state index contributed by atoms with van der Waals surface area (Å²) < 4.78 is 11.5. The van der Waals surface area contributed by atoms with E-state index in [2.05, 4.69) is 19.2 Å². The van der Waals surface area contributed by atoms with Gasteiger partial charge < -0.3 is 14.8 Å². The monoisotopic (exact) mass is 283 g/mol. The van der Waals surface area contributed by atoms with E-state index in [9.17, 15) is 0 Å². The van der Waals surface area contributed by atoms with Gasteiger partial charge in [0.2, 0.25) is 0 Å². The van der Waals surface area contributed by atoms with Crippen LogP contribution in [0.1, 0.15) is 58.8 Å². The SMILES string of the molecule is COCCCOC1(CNC2CC2)CCC(C(C)C)CC1. The van der Waals surface area contributed by atoms with Crippen LogP contribution < -0.4 is 5.32 Å². The van der Waals surface area contributed by atoms with Crippen molar-refractivity contribution in [3.63, 3.8) is 0 Å². The Morgan fingerprint density at radius 1 is 1.10 bits per heavy atom. The molecular weight excluding hydrogens is 250 g/mol. The molecule has 0 amide bonds. The van der Waals surface area contributed by atoms with Crippen LogP contribution in [-0.4, -0.2) is 38.5 Å². The van der Waals surface area contributed by atoms with E-state index in [1.807, 2.05) is 0 Å². The lowest BCUT2D eigenvalue weighted by atomic mass is 9.74. The Morgan fingerprint density at radius 3 is 2.35 bits per heavy atom. The van der Waals surface area contributed by atoms with Gasteiger partial charge in [0.15, 0.2) is 0 Å². The molecule has 0 saturated heterocycles. The van der Waals surface area contributed by atoms with E-state index in [4.69, 9.17) is 9.47 Å². The average Bonchev–Trinajstić information content (AvgIpc) is 3.26. The Kier molecular flexibility index (Phi) is 6.31. The molecule has 0 aromatic heterocycles. The average molecular weight is 283 g/mol. The number of hydrogen-bond donors (Lipinski definition) is 1. The van der Waals surface area contributed by atoms with Crippen LogP contribution in [0, 0.1) is 11.8 Å². The van der Waals surface area contributed by atoms with Crippen molar-refractivity contribution in [1.29, 1.82) is 0 Å². The fourth-order valence-corrected chi connectivity index (χ4v) is 3.31. The second-order valence-corrected chi connectivity index (χ2v) is 7.11. The van der Waals surface area contributed by atoms with Crippen LogP contribution >= 0.6 is 0 Å². The second-order valence-electron chi connectivity index (χ2n) is 7.11. The lowest BCUT2D eigenvalue weighted by molar-refractivity contribution is -0.0834. The van der Waals surface area contributed by atoms with Crippen LogP contribution in [0.3, 0.4) is 0 Å². The van der Waals surface area contributed by atoms with Crippen LogP contribution in [0.2, 0.25) is 0 Å². The molecule has 0 atom stereocenters. The summed E-state index contributed by atoms with van der Waals surface area (Å²) in [7, 11) is 1.76. The molecule has 0 aliphatic heterocycles. The molecule has 20 heavy (non-hydrogen) atoms. The summed E-state index contributed by atoms with van der Waals surface area (Å²) in [5.74, 6) is 1.71. The van der Waals surface area contributed by atoms with Gasteiger partial charge >= 0.3 is 0 Å². The molecule has 3 nitrogen and oxygen atoms in total. The zero-order valence-corrected chi connectivity index (χ0v) is 13.6. The van der Waals surface area contributed by atoms with E-state index in [-0.39, 0.29) is 5.60 Å². The fourth-order valence-electron chi connectivity index (χ4n) is 3.31. The molecule has 0 heterocycles. The van der Waals surface area contributed by atoms with Gasteiger partial charge in [-0.05, 0) is 56.8 Å². The topological polar surface area (TPSA) is 30.5 Å². The number of rotatable bonds is 9. The van der Waals surface area contributed by atoms with Crippen molar-refractivity contribution < 1.29 is 9.47 Å². The predicted molar refractivity (Wildman–Crippen MR) is 83.0 cm³/mol. The van der Waals surface area contributed by atoms with Gasteiger partial charge in [0.25, 0.3) is 0 Å². The third kappa shape index (κ3) is 5.01. The lowest BCUT2D eigenvalue weighted by Crippen LogP contribution is -2.47. The van der Waals surface area contributed by atoms with Gasteiger partial charge in [-0.2, -0.15) is 0 Å². The maximum Gasteiger partial charge on any atom is 0.0806 e. The van der Waals surface area contributed by atoms with Gasteiger partial charge in [-0.25, -0.2) is 0 Å². The largest absolute Gasteiger partial charge is 0.385 e. The first-order valence-corrected chi connectivity index (χ1v) is 8.51. The molecule has 2 rings (SSSR count). The van der Waals surface area contributed by atoms with Gasteiger partial charge in [0.1, 0.15) is 0 Å². The summed E-state index contributed by atoms with van der Waals surface area (Å²) in [6.45, 7) is 7.42. The number of hydrogen-bond acceptors (Lipinski definition) is 3. The fraction of sp³-hybridized carbons (Fsp3) is 1.00. The van der Waals surface area contributed by atoms with Crippen molar-refractivity contribution >= 4 is 0 Å². The summed E-state index contributed by atoms with van der Waals surface area (Å²) in [6, 6.07) is 0.775. The molecule has 2 saturated carbocycles. The normalized spacial score (nSPS) is 30.9. The summed E-state index contributed by atoms with van der Waals surface area (Å²) in [5, 5.41) is 3.70. The lowest BCUT2D eigenvalue weighted by Gasteiger charge is -2.41. The van der Waals surface area contributed by atoms with Crippen molar-refractivity contribution in [2.24, 2.45) is 11.8 Å². The van der Waals surface area contributed by atoms with Crippen molar-refractivity contribution in [1.82, 2.24) is 5.32 Å². The minimum absolute atomic E-state index is 0.0989. The highest BCUT2D eigenvalue weighted by atomic mass is 16.5. The van der Waals surface area contributed by atoms with Gasteiger partial charge in [-0.3, -0.25) is 0 Å². The van der Waals surface area contributed by atoms with E-state index < -0.39 is 0 Å². The van der Waals surface area contributed by atoms with Gasteiger partial charge in [-0.1, -0.05) is 13.8 Å². The Morgan fingerprint density at radius 2 is 1.80 bits per heavy atom. The Labute approximate surface area is 124 Å². The minimum atomic E-state index is 0.0989. The van der Waals surface area contributed by atoms with Crippen molar-refractivity contribution in [2.75, 3.05) is 26.9 Å². The molecule has 0 aromatic carbocycles. The summed E-state index contributed by atoms with van der Waals surface area (Å²) in [5.41, 5.74) is 0.0989. The highest BCUT2D eigenvalue weighted by molar-refractivity contribution is 4.93. The van der Waals surface area contributed by atoms with Crippen LogP contribution in [0.4, 0.5) is 0 Å². The molecule has 2 aliphatic carbocycles. The summed E-state index contributed by atoms with van der Waals surface area (Å²) >= 11 is 0. The summed E-state index contributed by atoms with van der Waals surface area (Å²) in [6.07, 6.45) is 8.83. The molecule has 2 aliphatic rings. The number of ether oxygens (including phenoxy) is 2. The first kappa shape index (κ1) is 16.3. The van der Waals surface area contributed by atoms with Crippen LogP contribution in [0.5, 0.6) is 0 Å². The predicted octanol–water partition coefficient (Wildman–Crippen LogP) is 3.38. The van der Waals surface area contributed by atoms with E-state index >= 15 is 0 Å². The first-order chi connectivity index (χ1) is 9.65. The van der Waals surface area contributed by atoms with E-state index in [1.54, 1.807) is 7.11 Å². The van der Waals surface area contributed by atoms with Gasteiger partial charge in [0.05, 0.1) is 5.60 Å². The maximum absolute atomic E-state index is 6.34. The third-order valence-corrected chi connectivity index (χ3v) is 5.08. The Hall–Kier alpha value is -0.120. The first-order valence-electron chi connectivity index (χ1n) is 8.51. The van der Waals surface area contributed by atoms with Crippen LogP contribution in [-0.2, 0) is 9.47 Å². The Balaban J connectivity index is 1.80. The smallest absolute Gasteiger partial charge is 0.0806 e. The maximum atomic E-state index is 6.34. The molecule has 2 fully saturated rings. The van der Waals surface area contributed by atoms with Crippen molar-refractivity contribution in [3.05, 3.63) is 0 Å². The molecule has 1 N–H and O–H groups in total. The third-order valence-electron chi connectivity index (χ3n) is 5.08. The van der Waals surface area contributed by atoms with Crippen molar-refractivity contribution in [2.45, 2.75) is 70.4 Å². The molecule has 0 aromatic rings. The van der Waals surface area contributed by atoms with E-state index in [0.717, 1.165) is 44.1 Å². The second kappa shape index (κ2) is 7.77. The van der Waals surface area contributed by atoms with E-state index in [0.29, 0.717) is 0 Å². The van der Waals surface area contributed by atoms with Crippen LogP contribution in [0.25, 0.3) is 0 Å². The van der Waals surface area contributed by atoms with Crippen molar-refractivity contribution in [3.8, 4) is 0 Å². The quantitative estimate of drug-likeness (QED) is 0.658. The summed E-state index contributed by atoms with van der Waals surface area (Å²) in [4.78, 5) is 0. The molecule has 0 radical (unpaired) electrons.